The second-order valence-corrected chi connectivity index (χ2v) is 5.07. The number of nitrogens with one attached hydrogen (secondary N) is 1. The van der Waals surface area contributed by atoms with E-state index >= 15 is 0 Å². The fraction of sp³-hybridized carbons (Fsp3) is 0.429. The highest BCUT2D eigenvalue weighted by molar-refractivity contribution is 5.92. The predicted molar refractivity (Wildman–Crippen MR) is 71.5 cm³/mol. The summed E-state index contributed by atoms with van der Waals surface area (Å²) in [7, 11) is 0. The lowest BCUT2D eigenvalue weighted by Gasteiger charge is -2.31. The molecule has 0 unspecified atom stereocenters. The van der Waals surface area contributed by atoms with Crippen molar-refractivity contribution in [3.63, 3.8) is 0 Å². The molecular weight excluding hydrogens is 276 g/mol. The average Bonchev–Trinajstić information content (AvgIpc) is 3.16. The summed E-state index contributed by atoms with van der Waals surface area (Å²) in [6.07, 6.45) is 2.52. The Morgan fingerprint density at radius 3 is 2.90 bits per heavy atom. The Labute approximate surface area is 120 Å². The molecule has 7 heteroatoms. The van der Waals surface area contributed by atoms with Gasteiger partial charge in [0.25, 0.3) is 5.91 Å². The van der Waals surface area contributed by atoms with E-state index in [4.69, 9.17) is 13.7 Å². The van der Waals surface area contributed by atoms with Crippen molar-refractivity contribution in [1.29, 1.82) is 0 Å². The van der Waals surface area contributed by atoms with Crippen molar-refractivity contribution in [2.75, 3.05) is 19.8 Å². The van der Waals surface area contributed by atoms with Gasteiger partial charge >= 0.3 is 0 Å². The highest BCUT2D eigenvalue weighted by Gasteiger charge is 2.30. The summed E-state index contributed by atoms with van der Waals surface area (Å²) in [5, 5.41) is 16.6. The van der Waals surface area contributed by atoms with Gasteiger partial charge < -0.3 is 24.1 Å². The summed E-state index contributed by atoms with van der Waals surface area (Å²) in [4.78, 5) is 12.0. The first kappa shape index (κ1) is 13.8. The second-order valence-electron chi connectivity index (χ2n) is 5.07. The molecule has 2 aromatic heterocycles. The molecule has 2 N–H and O–H groups in total. The molecule has 1 amide bonds. The zero-order chi connectivity index (χ0) is 14.7. The molecule has 1 saturated heterocycles. The van der Waals surface area contributed by atoms with Crippen LogP contribution in [0.2, 0.25) is 0 Å². The maximum absolute atomic E-state index is 12.0. The zero-order valence-corrected chi connectivity index (χ0v) is 11.4. The van der Waals surface area contributed by atoms with Crippen molar-refractivity contribution in [2.45, 2.75) is 18.4 Å². The summed E-state index contributed by atoms with van der Waals surface area (Å²) >= 11 is 0. The molecule has 0 aromatic carbocycles. The lowest BCUT2D eigenvalue weighted by atomic mass is 9.94. The third-order valence-corrected chi connectivity index (χ3v) is 3.51. The third kappa shape index (κ3) is 3.14. The number of carbonyl (C=O) groups excluding carboxylic acids is 1. The van der Waals surface area contributed by atoms with Gasteiger partial charge in [0.2, 0.25) is 5.76 Å². The van der Waals surface area contributed by atoms with Crippen molar-refractivity contribution in [3.8, 4) is 11.5 Å². The Morgan fingerprint density at radius 2 is 2.19 bits per heavy atom. The van der Waals surface area contributed by atoms with Crippen molar-refractivity contribution in [2.24, 2.45) is 0 Å². The summed E-state index contributed by atoms with van der Waals surface area (Å²) in [5.41, 5.74) is -0.765. The molecule has 0 bridgehead atoms. The van der Waals surface area contributed by atoms with E-state index in [-0.39, 0.29) is 12.2 Å². The summed E-state index contributed by atoms with van der Waals surface area (Å²) < 4.78 is 15.4. The van der Waals surface area contributed by atoms with Gasteiger partial charge in [-0.05, 0) is 12.1 Å². The molecule has 0 radical (unpaired) electrons. The van der Waals surface area contributed by atoms with E-state index in [1.54, 1.807) is 12.1 Å². The van der Waals surface area contributed by atoms with Gasteiger partial charge in [-0.25, -0.2) is 0 Å². The van der Waals surface area contributed by atoms with Gasteiger partial charge in [-0.1, -0.05) is 5.16 Å². The average molecular weight is 292 g/mol. The number of amides is 1. The molecular formula is C14H16N2O5. The molecule has 1 fully saturated rings. The molecule has 3 heterocycles. The van der Waals surface area contributed by atoms with E-state index in [0.29, 0.717) is 37.6 Å². The van der Waals surface area contributed by atoms with Crippen LogP contribution in [0.15, 0.2) is 33.4 Å². The molecule has 2 aromatic rings. The number of ether oxygens (including phenoxy) is 1. The Hall–Kier alpha value is -2.12. The first-order valence-corrected chi connectivity index (χ1v) is 6.75. The Kier molecular flexibility index (Phi) is 3.76. The van der Waals surface area contributed by atoms with Crippen LogP contribution >= 0.6 is 0 Å². The van der Waals surface area contributed by atoms with Crippen molar-refractivity contribution in [1.82, 2.24) is 10.5 Å². The number of furan rings is 1. The van der Waals surface area contributed by atoms with Gasteiger partial charge in [-0.2, -0.15) is 0 Å². The fourth-order valence-corrected chi connectivity index (χ4v) is 2.18. The number of carbonyl (C=O) groups is 1. The normalized spacial score (nSPS) is 17.6. The van der Waals surface area contributed by atoms with Gasteiger partial charge in [-0.15, -0.1) is 0 Å². The van der Waals surface area contributed by atoms with Crippen LogP contribution in [0.4, 0.5) is 0 Å². The topological polar surface area (TPSA) is 97.7 Å². The van der Waals surface area contributed by atoms with Crippen molar-refractivity contribution < 1.29 is 23.6 Å². The Bertz CT molecular complexity index is 599. The molecule has 0 saturated carbocycles. The molecule has 21 heavy (non-hydrogen) atoms. The number of aliphatic hydroxyl groups is 1. The monoisotopic (exact) mass is 292 g/mol. The van der Waals surface area contributed by atoms with E-state index in [1.165, 1.54) is 12.3 Å². The molecule has 0 aliphatic carbocycles. The van der Waals surface area contributed by atoms with Crippen LogP contribution in [-0.4, -0.2) is 41.5 Å². The second kappa shape index (κ2) is 5.71. The lowest BCUT2D eigenvalue weighted by molar-refractivity contribution is -0.0605. The van der Waals surface area contributed by atoms with E-state index in [2.05, 4.69) is 10.5 Å². The van der Waals surface area contributed by atoms with E-state index in [9.17, 15) is 9.90 Å². The SMILES string of the molecule is O=C(NCC1(O)CCOCC1)c1cc(-c2ccco2)on1. The number of nitrogens with zero attached hydrogens (tertiary/aromatic N) is 1. The minimum atomic E-state index is -0.915. The molecule has 1 aliphatic heterocycles. The van der Waals surface area contributed by atoms with Crippen LogP contribution in [0.3, 0.4) is 0 Å². The van der Waals surface area contributed by atoms with Gasteiger partial charge in [0, 0.05) is 38.7 Å². The molecule has 0 atom stereocenters. The minimum Gasteiger partial charge on any atom is -0.461 e. The maximum atomic E-state index is 12.0. The highest BCUT2D eigenvalue weighted by Crippen LogP contribution is 2.21. The minimum absolute atomic E-state index is 0.150. The van der Waals surface area contributed by atoms with Crippen LogP contribution in [0.1, 0.15) is 23.3 Å². The number of rotatable bonds is 4. The summed E-state index contributed by atoms with van der Waals surface area (Å²) in [6, 6.07) is 4.94. The molecule has 7 nitrogen and oxygen atoms in total. The molecule has 1 aliphatic rings. The Morgan fingerprint density at radius 1 is 1.38 bits per heavy atom. The van der Waals surface area contributed by atoms with Crippen LogP contribution in [0.5, 0.6) is 0 Å². The van der Waals surface area contributed by atoms with Crippen LogP contribution in [-0.2, 0) is 4.74 Å². The maximum Gasteiger partial charge on any atom is 0.273 e. The van der Waals surface area contributed by atoms with Gasteiger partial charge in [-0.3, -0.25) is 4.79 Å². The van der Waals surface area contributed by atoms with E-state index in [0.717, 1.165) is 0 Å². The zero-order valence-electron chi connectivity index (χ0n) is 11.4. The molecule has 3 rings (SSSR count). The van der Waals surface area contributed by atoms with Crippen LogP contribution in [0, 0.1) is 0 Å². The van der Waals surface area contributed by atoms with Crippen LogP contribution < -0.4 is 5.32 Å². The molecule has 112 valence electrons. The van der Waals surface area contributed by atoms with Crippen molar-refractivity contribution in [3.05, 3.63) is 30.2 Å². The predicted octanol–water partition coefficient (Wildman–Crippen LogP) is 1.21. The fourth-order valence-electron chi connectivity index (χ4n) is 2.18. The van der Waals surface area contributed by atoms with Gasteiger partial charge in [0.1, 0.15) is 0 Å². The summed E-state index contributed by atoms with van der Waals surface area (Å²) in [6.45, 7) is 1.16. The lowest BCUT2D eigenvalue weighted by Crippen LogP contribution is -2.46. The first-order chi connectivity index (χ1) is 10.2. The Balaban J connectivity index is 1.61. The van der Waals surface area contributed by atoms with E-state index < -0.39 is 11.5 Å². The molecule has 0 spiro atoms. The van der Waals surface area contributed by atoms with Gasteiger partial charge in [0.05, 0.1) is 11.9 Å². The smallest absolute Gasteiger partial charge is 0.273 e. The van der Waals surface area contributed by atoms with E-state index in [1.807, 2.05) is 0 Å². The van der Waals surface area contributed by atoms with Crippen molar-refractivity contribution >= 4 is 5.91 Å². The van der Waals surface area contributed by atoms with Crippen LogP contribution in [0.25, 0.3) is 11.5 Å². The largest absolute Gasteiger partial charge is 0.461 e. The number of aromatic nitrogens is 1. The highest BCUT2D eigenvalue weighted by atomic mass is 16.5. The summed E-state index contributed by atoms with van der Waals surface area (Å²) in [5.74, 6) is 0.496. The number of hydrogen-bond donors (Lipinski definition) is 2. The van der Waals surface area contributed by atoms with Gasteiger partial charge in [0.15, 0.2) is 11.5 Å². The standard InChI is InChI=1S/C14H16N2O5/c17-13(15-9-14(18)3-6-19-7-4-14)10-8-12(21-16-10)11-2-1-5-20-11/h1-2,5,8,18H,3-4,6-7,9H2,(H,15,17). The number of hydrogen-bond acceptors (Lipinski definition) is 6. The first-order valence-electron chi connectivity index (χ1n) is 6.75. The quantitative estimate of drug-likeness (QED) is 0.879. The third-order valence-electron chi connectivity index (χ3n) is 3.51.